The molecule has 4 unspecified atom stereocenters. The monoisotopic (exact) mass is 220 g/mol. The van der Waals surface area contributed by atoms with Crippen LogP contribution in [-0.4, -0.2) is 24.3 Å². The SMILES string of the molecule is C=C1CC=CCCC2CC(=O)OC2C2OC12. The molecule has 3 nitrogen and oxygen atoms in total. The summed E-state index contributed by atoms with van der Waals surface area (Å²) in [5.74, 6) is 0.260. The van der Waals surface area contributed by atoms with Crippen LogP contribution in [0.25, 0.3) is 0 Å². The summed E-state index contributed by atoms with van der Waals surface area (Å²) < 4.78 is 11.0. The van der Waals surface area contributed by atoms with E-state index < -0.39 is 0 Å². The lowest BCUT2D eigenvalue weighted by atomic mass is 9.90. The van der Waals surface area contributed by atoms with E-state index >= 15 is 0 Å². The number of carbonyl (C=O) groups is 1. The topological polar surface area (TPSA) is 38.8 Å². The molecule has 3 aliphatic rings. The molecule has 2 fully saturated rings. The summed E-state index contributed by atoms with van der Waals surface area (Å²) in [4.78, 5) is 11.3. The van der Waals surface area contributed by atoms with Gasteiger partial charge in [-0.3, -0.25) is 4.79 Å². The van der Waals surface area contributed by atoms with Crippen LogP contribution in [0.2, 0.25) is 0 Å². The molecule has 2 heterocycles. The van der Waals surface area contributed by atoms with E-state index in [0.717, 1.165) is 24.8 Å². The Hall–Kier alpha value is -1.09. The van der Waals surface area contributed by atoms with Crippen molar-refractivity contribution in [3.05, 3.63) is 24.3 Å². The van der Waals surface area contributed by atoms with Crippen molar-refractivity contribution in [2.24, 2.45) is 5.92 Å². The quantitative estimate of drug-likeness (QED) is 0.356. The normalized spacial score (nSPS) is 42.2. The van der Waals surface area contributed by atoms with Gasteiger partial charge in [-0.1, -0.05) is 18.7 Å². The molecular weight excluding hydrogens is 204 g/mol. The van der Waals surface area contributed by atoms with Crippen LogP contribution >= 0.6 is 0 Å². The van der Waals surface area contributed by atoms with Crippen LogP contribution in [0.4, 0.5) is 0 Å². The van der Waals surface area contributed by atoms with Crippen LogP contribution in [0.3, 0.4) is 0 Å². The van der Waals surface area contributed by atoms with Gasteiger partial charge in [-0.15, -0.1) is 0 Å². The van der Waals surface area contributed by atoms with Crippen LogP contribution in [0.15, 0.2) is 24.3 Å². The average Bonchev–Trinajstić information content (AvgIpc) is 2.96. The van der Waals surface area contributed by atoms with Crippen molar-refractivity contribution < 1.29 is 14.3 Å². The Balaban J connectivity index is 1.79. The summed E-state index contributed by atoms with van der Waals surface area (Å²) in [5.41, 5.74) is 1.10. The molecule has 0 aromatic rings. The maximum Gasteiger partial charge on any atom is 0.306 e. The summed E-state index contributed by atoms with van der Waals surface area (Å²) in [5, 5.41) is 0. The number of hydrogen-bond donors (Lipinski definition) is 0. The Labute approximate surface area is 95.1 Å². The van der Waals surface area contributed by atoms with Crippen LogP contribution in [0, 0.1) is 5.92 Å². The first-order valence-corrected chi connectivity index (χ1v) is 5.93. The van der Waals surface area contributed by atoms with E-state index in [-0.39, 0.29) is 24.3 Å². The highest BCUT2D eigenvalue weighted by molar-refractivity contribution is 5.72. The van der Waals surface area contributed by atoms with E-state index in [1.54, 1.807) is 0 Å². The number of hydrogen-bond acceptors (Lipinski definition) is 3. The molecule has 3 heteroatoms. The average molecular weight is 220 g/mol. The lowest BCUT2D eigenvalue weighted by Gasteiger charge is -2.15. The third kappa shape index (κ3) is 1.69. The molecule has 0 aromatic carbocycles. The van der Waals surface area contributed by atoms with Gasteiger partial charge < -0.3 is 9.47 Å². The molecule has 0 bridgehead atoms. The molecule has 0 radical (unpaired) electrons. The highest BCUT2D eigenvalue weighted by Crippen LogP contribution is 2.42. The fourth-order valence-corrected chi connectivity index (χ4v) is 2.71. The zero-order valence-corrected chi connectivity index (χ0v) is 9.22. The van der Waals surface area contributed by atoms with Gasteiger partial charge in [0.05, 0.1) is 6.42 Å². The number of ether oxygens (including phenoxy) is 2. The highest BCUT2D eigenvalue weighted by Gasteiger charge is 2.53. The smallest absolute Gasteiger partial charge is 0.306 e. The molecular formula is C13H16O3. The lowest BCUT2D eigenvalue weighted by Crippen LogP contribution is -2.25. The first kappa shape index (κ1) is 10.1. The van der Waals surface area contributed by atoms with Gasteiger partial charge in [-0.2, -0.15) is 0 Å². The largest absolute Gasteiger partial charge is 0.459 e. The molecule has 0 N–H and O–H groups in total. The summed E-state index contributed by atoms with van der Waals surface area (Å²) in [6.07, 6.45) is 7.96. The molecule has 1 aliphatic carbocycles. The van der Waals surface area contributed by atoms with Gasteiger partial charge in [0.1, 0.15) is 18.3 Å². The van der Waals surface area contributed by atoms with Gasteiger partial charge in [0.15, 0.2) is 0 Å². The Morgan fingerprint density at radius 3 is 3.06 bits per heavy atom. The Bertz CT molecular complexity index is 358. The van der Waals surface area contributed by atoms with Crippen LogP contribution in [0.5, 0.6) is 0 Å². The molecule has 0 spiro atoms. The number of rotatable bonds is 0. The van der Waals surface area contributed by atoms with Crippen molar-refractivity contribution in [2.75, 3.05) is 0 Å². The van der Waals surface area contributed by atoms with E-state index in [1.807, 2.05) is 0 Å². The number of allylic oxidation sites excluding steroid dienone is 2. The first-order valence-electron chi connectivity index (χ1n) is 5.93. The summed E-state index contributed by atoms with van der Waals surface area (Å²) >= 11 is 0. The zero-order valence-electron chi connectivity index (χ0n) is 9.22. The minimum absolute atomic E-state index is 0.0271. The number of esters is 1. The number of epoxide rings is 1. The van der Waals surface area contributed by atoms with Gasteiger partial charge in [-0.25, -0.2) is 0 Å². The van der Waals surface area contributed by atoms with Crippen molar-refractivity contribution in [2.45, 2.75) is 44.0 Å². The van der Waals surface area contributed by atoms with Gasteiger partial charge >= 0.3 is 5.97 Å². The fourth-order valence-electron chi connectivity index (χ4n) is 2.71. The summed E-state index contributed by atoms with van der Waals surface area (Å²) in [6.45, 7) is 4.03. The van der Waals surface area contributed by atoms with Crippen LogP contribution in [-0.2, 0) is 14.3 Å². The standard InChI is InChI=1S/C13H16O3/c1-8-5-3-2-4-6-9-7-10(14)15-12(9)13-11(8)16-13/h2-3,9,11-13H,1,4-7H2. The number of carbonyl (C=O) groups excluding carboxylic acids is 1. The van der Waals surface area contributed by atoms with Gasteiger partial charge in [0, 0.05) is 5.92 Å². The predicted octanol–water partition coefficient (Wildman–Crippen LogP) is 1.98. The lowest BCUT2D eigenvalue weighted by molar-refractivity contribution is -0.142. The van der Waals surface area contributed by atoms with E-state index in [2.05, 4.69) is 18.7 Å². The Morgan fingerprint density at radius 1 is 1.31 bits per heavy atom. The second-order valence-electron chi connectivity index (χ2n) is 4.85. The second-order valence-corrected chi connectivity index (χ2v) is 4.85. The van der Waals surface area contributed by atoms with Crippen molar-refractivity contribution >= 4 is 5.97 Å². The van der Waals surface area contributed by atoms with Crippen molar-refractivity contribution in [1.29, 1.82) is 0 Å². The van der Waals surface area contributed by atoms with E-state index in [4.69, 9.17) is 9.47 Å². The predicted molar refractivity (Wildman–Crippen MR) is 58.8 cm³/mol. The van der Waals surface area contributed by atoms with Crippen LogP contribution in [0.1, 0.15) is 25.7 Å². The first-order chi connectivity index (χ1) is 7.75. The molecule has 0 saturated carbocycles. The Kier molecular flexibility index (Phi) is 2.36. The minimum Gasteiger partial charge on any atom is -0.459 e. The molecule has 86 valence electrons. The van der Waals surface area contributed by atoms with Crippen molar-refractivity contribution in [1.82, 2.24) is 0 Å². The maximum atomic E-state index is 11.3. The molecule has 2 aliphatic heterocycles. The summed E-state index contributed by atoms with van der Waals surface area (Å²) in [6, 6.07) is 0. The third-order valence-corrected chi connectivity index (χ3v) is 3.66. The van der Waals surface area contributed by atoms with E-state index in [1.165, 1.54) is 0 Å². The maximum absolute atomic E-state index is 11.3. The molecule has 3 rings (SSSR count). The van der Waals surface area contributed by atoms with Gasteiger partial charge in [-0.05, 0) is 24.8 Å². The molecule has 0 aromatic heterocycles. The van der Waals surface area contributed by atoms with Crippen molar-refractivity contribution in [3.8, 4) is 0 Å². The molecule has 0 amide bonds. The van der Waals surface area contributed by atoms with Gasteiger partial charge in [0.2, 0.25) is 0 Å². The Morgan fingerprint density at radius 2 is 2.19 bits per heavy atom. The van der Waals surface area contributed by atoms with E-state index in [0.29, 0.717) is 12.3 Å². The molecule has 2 saturated heterocycles. The van der Waals surface area contributed by atoms with Crippen LogP contribution < -0.4 is 0 Å². The highest BCUT2D eigenvalue weighted by atomic mass is 16.6. The number of fused-ring (bicyclic) bond motifs is 3. The molecule has 4 atom stereocenters. The third-order valence-electron chi connectivity index (χ3n) is 3.66. The van der Waals surface area contributed by atoms with Gasteiger partial charge in [0.25, 0.3) is 0 Å². The molecule has 16 heavy (non-hydrogen) atoms. The minimum atomic E-state index is -0.0712. The second kappa shape index (κ2) is 3.74. The summed E-state index contributed by atoms with van der Waals surface area (Å²) in [7, 11) is 0. The van der Waals surface area contributed by atoms with Crippen molar-refractivity contribution in [3.63, 3.8) is 0 Å². The fraction of sp³-hybridized carbons (Fsp3) is 0.615. The van der Waals surface area contributed by atoms with E-state index in [9.17, 15) is 4.79 Å². The zero-order chi connectivity index (χ0) is 11.1.